The van der Waals surface area contributed by atoms with Crippen LogP contribution in [0, 0.1) is 0 Å². The van der Waals surface area contributed by atoms with Crippen molar-refractivity contribution in [1.82, 2.24) is 0 Å². The largest absolute Gasteiger partial charge is 0.460 e. The summed E-state index contributed by atoms with van der Waals surface area (Å²) < 4.78 is 9.94. The van der Waals surface area contributed by atoms with E-state index in [9.17, 15) is 14.4 Å². The fourth-order valence-corrected chi connectivity index (χ4v) is 1.20. The van der Waals surface area contributed by atoms with Crippen molar-refractivity contribution in [3.63, 3.8) is 0 Å². The molecule has 7 heteroatoms. The average Bonchev–Trinajstić information content (AvgIpc) is 2.33. The van der Waals surface area contributed by atoms with Crippen LogP contribution in [-0.4, -0.2) is 40.8 Å². The van der Waals surface area contributed by atoms with Gasteiger partial charge in [-0.25, -0.2) is 0 Å². The highest BCUT2D eigenvalue weighted by Gasteiger charge is 2.15. The van der Waals surface area contributed by atoms with Crippen molar-refractivity contribution >= 4 is 24.4 Å². The van der Waals surface area contributed by atoms with Crippen molar-refractivity contribution < 1.29 is 29.1 Å². The predicted molar refractivity (Wildman–Crippen MR) is 86.5 cm³/mol. The van der Waals surface area contributed by atoms with Gasteiger partial charge in [-0.05, 0) is 48.0 Å². The van der Waals surface area contributed by atoms with Crippen LogP contribution in [0.15, 0.2) is 5.16 Å². The number of esters is 2. The van der Waals surface area contributed by atoms with Crippen LogP contribution in [0.5, 0.6) is 0 Å². The normalized spacial score (nSPS) is 11.4. The van der Waals surface area contributed by atoms with Crippen LogP contribution in [0.25, 0.3) is 0 Å². The molecule has 1 N–H and O–H groups in total. The molecule has 23 heavy (non-hydrogen) atoms. The minimum absolute atomic E-state index is 0.181. The van der Waals surface area contributed by atoms with Crippen molar-refractivity contribution in [2.75, 3.05) is 0 Å². The number of oxime groups is 1. The predicted octanol–water partition coefficient (Wildman–Crippen LogP) is 2.88. The molecule has 0 amide bonds. The zero-order valence-corrected chi connectivity index (χ0v) is 14.9. The third-order valence-electron chi connectivity index (χ3n) is 1.87. The van der Waals surface area contributed by atoms with Crippen LogP contribution < -0.4 is 0 Å². The van der Waals surface area contributed by atoms with E-state index in [1.807, 2.05) is 20.8 Å². The molecule has 0 aromatic heterocycles. The third kappa shape index (κ3) is 22.5. The SMILES string of the molecule is CC(C)(C)OC(=O)CC/C=N/O.CC(C)(C)OC(=O)CCC=O. The first-order chi connectivity index (χ1) is 10.4. The lowest BCUT2D eigenvalue weighted by molar-refractivity contribution is -0.156. The molecule has 0 atom stereocenters. The molecule has 7 nitrogen and oxygen atoms in total. The Morgan fingerprint density at radius 3 is 1.61 bits per heavy atom. The van der Waals surface area contributed by atoms with E-state index in [1.165, 1.54) is 6.21 Å². The highest BCUT2D eigenvalue weighted by Crippen LogP contribution is 2.09. The number of carbonyl (C=O) groups is 3. The molecule has 0 spiro atoms. The van der Waals surface area contributed by atoms with E-state index in [1.54, 1.807) is 20.8 Å². The standard InChI is InChI=1S/C8H15NO3.C8H14O3/c1-8(2,3)12-7(10)5-4-6-9-11;1-8(2,3)11-7(10)5-4-6-9/h6,11H,4-5H2,1-3H3;6H,4-5H2,1-3H3/b9-6+;. The van der Waals surface area contributed by atoms with Gasteiger partial charge in [0.1, 0.15) is 17.5 Å². The third-order valence-corrected chi connectivity index (χ3v) is 1.87. The second-order valence-electron chi connectivity index (χ2n) is 6.71. The molecule has 0 unspecified atom stereocenters. The van der Waals surface area contributed by atoms with Crippen molar-refractivity contribution in [2.24, 2.45) is 5.16 Å². The lowest BCUT2D eigenvalue weighted by atomic mass is 10.2. The molecule has 0 radical (unpaired) electrons. The van der Waals surface area contributed by atoms with E-state index in [0.717, 1.165) is 0 Å². The summed E-state index contributed by atoms with van der Waals surface area (Å²) in [7, 11) is 0. The molecule has 0 fully saturated rings. The van der Waals surface area contributed by atoms with Gasteiger partial charge in [-0.3, -0.25) is 9.59 Å². The number of hydrogen-bond donors (Lipinski definition) is 1. The summed E-state index contributed by atoms with van der Waals surface area (Å²) in [5.74, 6) is -0.591. The molecule has 0 aliphatic carbocycles. The van der Waals surface area contributed by atoms with Crippen LogP contribution in [0.2, 0.25) is 0 Å². The smallest absolute Gasteiger partial charge is 0.306 e. The molecule has 0 saturated carbocycles. The summed E-state index contributed by atoms with van der Waals surface area (Å²) in [5.41, 5.74) is -0.882. The maximum absolute atomic E-state index is 11.0. The Kier molecular flexibility index (Phi) is 11.8. The molecular formula is C16H29NO6. The van der Waals surface area contributed by atoms with Crippen molar-refractivity contribution in [1.29, 1.82) is 0 Å². The minimum Gasteiger partial charge on any atom is -0.460 e. The van der Waals surface area contributed by atoms with E-state index in [4.69, 9.17) is 14.7 Å². The number of rotatable bonds is 6. The van der Waals surface area contributed by atoms with Gasteiger partial charge in [-0.1, -0.05) is 0 Å². The van der Waals surface area contributed by atoms with E-state index in [-0.39, 0.29) is 31.2 Å². The number of nitrogens with zero attached hydrogens (tertiary/aromatic N) is 1. The maximum Gasteiger partial charge on any atom is 0.306 e. The van der Waals surface area contributed by atoms with Crippen molar-refractivity contribution in [3.8, 4) is 0 Å². The second kappa shape index (κ2) is 11.6. The van der Waals surface area contributed by atoms with E-state index >= 15 is 0 Å². The van der Waals surface area contributed by atoms with Gasteiger partial charge in [0.05, 0.1) is 12.8 Å². The Hall–Kier alpha value is -1.92. The summed E-state index contributed by atoms with van der Waals surface area (Å²) in [6.45, 7) is 10.8. The highest BCUT2D eigenvalue weighted by molar-refractivity contribution is 5.73. The van der Waals surface area contributed by atoms with E-state index in [2.05, 4.69) is 5.16 Å². The Bertz CT molecular complexity index is 390. The van der Waals surface area contributed by atoms with Gasteiger partial charge < -0.3 is 19.5 Å². The molecule has 0 aromatic rings. The minimum atomic E-state index is -0.444. The van der Waals surface area contributed by atoms with E-state index in [0.29, 0.717) is 12.7 Å². The van der Waals surface area contributed by atoms with Gasteiger partial charge in [0.15, 0.2) is 0 Å². The average molecular weight is 331 g/mol. The zero-order valence-electron chi connectivity index (χ0n) is 14.9. The Morgan fingerprint density at radius 2 is 1.30 bits per heavy atom. The summed E-state index contributed by atoms with van der Waals surface area (Å²) in [5, 5.41) is 10.8. The molecule has 0 aliphatic rings. The van der Waals surface area contributed by atoms with Gasteiger partial charge in [-0.2, -0.15) is 0 Å². The molecule has 134 valence electrons. The fourth-order valence-electron chi connectivity index (χ4n) is 1.20. The summed E-state index contributed by atoms with van der Waals surface area (Å²) in [6.07, 6.45) is 3.07. The maximum atomic E-state index is 11.0. The summed E-state index contributed by atoms with van der Waals surface area (Å²) >= 11 is 0. The highest BCUT2D eigenvalue weighted by atomic mass is 16.6. The number of hydrogen-bond acceptors (Lipinski definition) is 7. The topological polar surface area (TPSA) is 102 Å². The first-order valence-electron chi connectivity index (χ1n) is 7.44. The van der Waals surface area contributed by atoms with Gasteiger partial charge >= 0.3 is 11.9 Å². The molecule has 0 aliphatic heterocycles. The molecular weight excluding hydrogens is 302 g/mol. The van der Waals surface area contributed by atoms with Crippen LogP contribution in [-0.2, 0) is 23.9 Å². The number of aldehydes is 1. The Balaban J connectivity index is 0. The van der Waals surface area contributed by atoms with Gasteiger partial charge in [0.25, 0.3) is 0 Å². The first-order valence-corrected chi connectivity index (χ1v) is 7.44. The van der Waals surface area contributed by atoms with Gasteiger partial charge in [-0.15, -0.1) is 5.16 Å². The monoisotopic (exact) mass is 331 g/mol. The Labute approximate surface area is 138 Å². The molecule has 0 rings (SSSR count). The van der Waals surface area contributed by atoms with Gasteiger partial charge in [0.2, 0.25) is 0 Å². The number of carbonyl (C=O) groups excluding carboxylic acids is 3. The lowest BCUT2D eigenvalue weighted by Crippen LogP contribution is -2.23. The molecule has 0 aromatic carbocycles. The molecule has 0 heterocycles. The number of ether oxygens (including phenoxy) is 2. The van der Waals surface area contributed by atoms with E-state index < -0.39 is 11.2 Å². The first kappa shape index (κ1) is 23.3. The van der Waals surface area contributed by atoms with Crippen LogP contribution >= 0.6 is 0 Å². The van der Waals surface area contributed by atoms with Crippen LogP contribution in [0.1, 0.15) is 67.2 Å². The zero-order chi connectivity index (χ0) is 18.5. The van der Waals surface area contributed by atoms with Crippen molar-refractivity contribution in [2.45, 2.75) is 78.4 Å². The summed E-state index contributed by atoms with van der Waals surface area (Å²) in [6, 6.07) is 0. The van der Waals surface area contributed by atoms with Crippen molar-refractivity contribution in [3.05, 3.63) is 0 Å². The second-order valence-corrected chi connectivity index (χ2v) is 6.71. The quantitative estimate of drug-likeness (QED) is 0.264. The molecule has 0 bridgehead atoms. The van der Waals surface area contributed by atoms with Gasteiger partial charge in [0, 0.05) is 12.6 Å². The Morgan fingerprint density at radius 1 is 0.913 bits per heavy atom. The van der Waals surface area contributed by atoms with Crippen LogP contribution in [0.4, 0.5) is 0 Å². The fraction of sp³-hybridized carbons (Fsp3) is 0.750. The lowest BCUT2D eigenvalue weighted by Gasteiger charge is -2.18. The summed E-state index contributed by atoms with van der Waals surface area (Å²) in [4.78, 5) is 31.7. The van der Waals surface area contributed by atoms with Crippen LogP contribution in [0.3, 0.4) is 0 Å². The molecule has 0 saturated heterocycles.